The first-order valence-electron chi connectivity index (χ1n) is 5.77. The Morgan fingerprint density at radius 3 is 2.72 bits per heavy atom. The van der Waals surface area contributed by atoms with Crippen LogP contribution in [0.3, 0.4) is 0 Å². The maximum atomic E-state index is 13.5. The second-order valence-corrected chi connectivity index (χ2v) is 6.77. The molecule has 0 spiro atoms. The largest absolute Gasteiger partial charge is 0.351 e. The van der Waals surface area contributed by atoms with Crippen LogP contribution in [0.2, 0.25) is 0 Å². The fourth-order valence-corrected chi connectivity index (χ4v) is 2.84. The number of halogens is 3. The summed E-state index contributed by atoms with van der Waals surface area (Å²) in [7, 11) is 0. The van der Waals surface area contributed by atoms with Crippen LogP contribution in [0.1, 0.15) is 30.6 Å². The van der Waals surface area contributed by atoms with Gasteiger partial charge in [-0.3, -0.25) is 4.79 Å². The molecule has 18 heavy (non-hydrogen) atoms. The molecule has 0 radical (unpaired) electrons. The average molecular weight is 381 g/mol. The summed E-state index contributed by atoms with van der Waals surface area (Å²) < 4.78 is 14.1. The van der Waals surface area contributed by atoms with Gasteiger partial charge in [0.1, 0.15) is 5.82 Å². The smallest absolute Gasteiger partial charge is 0.254 e. The quantitative estimate of drug-likeness (QED) is 0.764. The second kappa shape index (κ2) is 7.24. The molecule has 0 bridgehead atoms. The third kappa shape index (κ3) is 5.06. The van der Waals surface area contributed by atoms with Gasteiger partial charge in [-0.05, 0) is 30.5 Å². The number of carbonyl (C=O) groups excluding carboxylic acids is 1. The number of amides is 1. The fourth-order valence-electron chi connectivity index (χ4n) is 1.57. The summed E-state index contributed by atoms with van der Waals surface area (Å²) >= 11 is 6.72. The highest BCUT2D eigenvalue weighted by Gasteiger charge is 2.14. The lowest BCUT2D eigenvalue weighted by atomic mass is 10.1. The van der Waals surface area contributed by atoms with Gasteiger partial charge < -0.3 is 5.32 Å². The maximum absolute atomic E-state index is 13.5. The molecule has 0 heterocycles. The number of hydrogen-bond donors (Lipinski definition) is 1. The summed E-state index contributed by atoms with van der Waals surface area (Å²) in [6.07, 6.45) is 0.960. The Labute approximate surface area is 124 Å². The summed E-state index contributed by atoms with van der Waals surface area (Å²) in [6.45, 7) is 4.72. The van der Waals surface area contributed by atoms with Crippen molar-refractivity contribution in [1.29, 1.82) is 0 Å². The number of benzene rings is 1. The normalized spacial score (nSPS) is 12.6. The molecule has 1 N–H and O–H groups in total. The van der Waals surface area contributed by atoms with Gasteiger partial charge in [0.05, 0.1) is 5.56 Å². The highest BCUT2D eigenvalue weighted by Crippen LogP contribution is 2.16. The Kier molecular flexibility index (Phi) is 6.29. The molecule has 0 aliphatic rings. The molecule has 0 fully saturated rings. The van der Waals surface area contributed by atoms with E-state index in [0.717, 1.165) is 6.42 Å². The molecule has 1 atom stereocenters. The van der Waals surface area contributed by atoms with Gasteiger partial charge in [0.2, 0.25) is 0 Å². The van der Waals surface area contributed by atoms with E-state index in [1.165, 1.54) is 12.1 Å². The Balaban J connectivity index is 2.58. The van der Waals surface area contributed by atoms with Crippen LogP contribution in [-0.4, -0.2) is 17.3 Å². The summed E-state index contributed by atoms with van der Waals surface area (Å²) in [6, 6.07) is 4.33. The van der Waals surface area contributed by atoms with Crippen molar-refractivity contribution in [1.82, 2.24) is 5.32 Å². The molecule has 1 aromatic rings. The molecule has 1 aromatic carbocycles. The second-order valence-electron chi connectivity index (χ2n) is 4.56. The molecule has 1 rings (SSSR count). The zero-order valence-corrected chi connectivity index (χ0v) is 13.5. The topological polar surface area (TPSA) is 29.1 Å². The maximum Gasteiger partial charge on any atom is 0.254 e. The van der Waals surface area contributed by atoms with Crippen molar-refractivity contribution < 1.29 is 9.18 Å². The first kappa shape index (κ1) is 15.6. The van der Waals surface area contributed by atoms with E-state index in [2.05, 4.69) is 51.0 Å². The van der Waals surface area contributed by atoms with Gasteiger partial charge in [-0.15, -0.1) is 0 Å². The van der Waals surface area contributed by atoms with Crippen molar-refractivity contribution in [2.75, 3.05) is 6.54 Å². The molecule has 5 heteroatoms. The Morgan fingerprint density at radius 1 is 1.44 bits per heavy atom. The van der Waals surface area contributed by atoms with Crippen LogP contribution >= 0.6 is 31.9 Å². The van der Waals surface area contributed by atoms with E-state index in [9.17, 15) is 9.18 Å². The molecule has 1 unspecified atom stereocenters. The number of carbonyl (C=O) groups is 1. The predicted octanol–water partition coefficient (Wildman–Crippen LogP) is 4.13. The van der Waals surface area contributed by atoms with Gasteiger partial charge in [0.25, 0.3) is 5.91 Å². The monoisotopic (exact) mass is 379 g/mol. The van der Waals surface area contributed by atoms with Crippen LogP contribution in [0.15, 0.2) is 22.7 Å². The van der Waals surface area contributed by atoms with Crippen LogP contribution in [0.25, 0.3) is 0 Å². The molecule has 2 nitrogen and oxygen atoms in total. The summed E-state index contributed by atoms with van der Waals surface area (Å²) in [4.78, 5) is 12.0. The van der Waals surface area contributed by atoms with Crippen LogP contribution in [0.5, 0.6) is 0 Å². The van der Waals surface area contributed by atoms with E-state index in [-0.39, 0.29) is 16.3 Å². The molecule has 0 aromatic heterocycles. The van der Waals surface area contributed by atoms with Crippen molar-refractivity contribution in [2.45, 2.75) is 25.1 Å². The zero-order chi connectivity index (χ0) is 13.7. The van der Waals surface area contributed by atoms with Crippen LogP contribution in [0.4, 0.5) is 4.39 Å². The van der Waals surface area contributed by atoms with Crippen molar-refractivity contribution in [2.24, 2.45) is 5.92 Å². The van der Waals surface area contributed by atoms with Gasteiger partial charge in [0.15, 0.2) is 0 Å². The highest BCUT2D eigenvalue weighted by molar-refractivity contribution is 9.10. The lowest BCUT2D eigenvalue weighted by molar-refractivity contribution is 0.0949. The molecule has 100 valence electrons. The summed E-state index contributed by atoms with van der Waals surface area (Å²) in [5, 5.41) is 2.73. The minimum absolute atomic E-state index is 0.0635. The molecule has 0 saturated heterocycles. The number of alkyl halides is 1. The van der Waals surface area contributed by atoms with Crippen LogP contribution in [0, 0.1) is 11.7 Å². The van der Waals surface area contributed by atoms with Crippen molar-refractivity contribution in [3.05, 3.63) is 34.1 Å². The molecular formula is C13H16Br2FNO. The molecule has 1 amide bonds. The Hall–Kier alpha value is -0.420. The summed E-state index contributed by atoms with van der Waals surface area (Å²) in [5.74, 6) is -0.346. The minimum Gasteiger partial charge on any atom is -0.351 e. The van der Waals surface area contributed by atoms with Gasteiger partial charge in [0, 0.05) is 15.8 Å². The van der Waals surface area contributed by atoms with Crippen molar-refractivity contribution in [3.8, 4) is 0 Å². The number of rotatable bonds is 5. The average Bonchev–Trinajstić information content (AvgIpc) is 2.28. The zero-order valence-electron chi connectivity index (χ0n) is 10.3. The minimum atomic E-state index is -0.509. The van der Waals surface area contributed by atoms with E-state index in [4.69, 9.17) is 0 Å². The lowest BCUT2D eigenvalue weighted by Crippen LogP contribution is -2.30. The molecule has 0 aliphatic carbocycles. The molecule has 0 saturated carbocycles. The highest BCUT2D eigenvalue weighted by atomic mass is 79.9. The standard InChI is InChI=1S/C13H16Br2FNO/c1-8(2)5-10(15)7-17-13(18)11-6-9(14)3-4-12(11)16/h3-4,6,8,10H,5,7H2,1-2H3,(H,17,18). The first-order valence-corrected chi connectivity index (χ1v) is 7.48. The van der Waals surface area contributed by atoms with Gasteiger partial charge >= 0.3 is 0 Å². The molecule has 0 aliphatic heterocycles. The SMILES string of the molecule is CC(C)CC(Br)CNC(=O)c1cc(Br)ccc1F. The van der Waals surface area contributed by atoms with E-state index >= 15 is 0 Å². The van der Waals surface area contributed by atoms with Gasteiger partial charge in [-0.2, -0.15) is 0 Å². The van der Waals surface area contributed by atoms with Crippen LogP contribution < -0.4 is 5.32 Å². The third-order valence-corrected chi connectivity index (χ3v) is 3.58. The Bertz CT molecular complexity index is 423. The predicted molar refractivity (Wildman–Crippen MR) is 78.6 cm³/mol. The Morgan fingerprint density at radius 2 is 2.11 bits per heavy atom. The van der Waals surface area contributed by atoms with Crippen LogP contribution in [-0.2, 0) is 0 Å². The van der Waals surface area contributed by atoms with E-state index in [1.54, 1.807) is 6.07 Å². The molecular weight excluding hydrogens is 365 g/mol. The van der Waals surface area contributed by atoms with E-state index in [1.807, 2.05) is 0 Å². The summed E-state index contributed by atoms with van der Waals surface area (Å²) in [5.41, 5.74) is 0.0635. The third-order valence-electron chi connectivity index (χ3n) is 2.38. The fraction of sp³-hybridized carbons (Fsp3) is 0.462. The van der Waals surface area contributed by atoms with Gasteiger partial charge in [-0.25, -0.2) is 4.39 Å². The first-order chi connectivity index (χ1) is 8.40. The number of hydrogen-bond acceptors (Lipinski definition) is 1. The van der Waals surface area contributed by atoms with Crippen molar-refractivity contribution in [3.63, 3.8) is 0 Å². The lowest BCUT2D eigenvalue weighted by Gasteiger charge is -2.13. The van der Waals surface area contributed by atoms with Crippen molar-refractivity contribution >= 4 is 37.8 Å². The van der Waals surface area contributed by atoms with E-state index in [0.29, 0.717) is 16.9 Å². The number of nitrogens with one attached hydrogen (secondary N) is 1. The van der Waals surface area contributed by atoms with E-state index < -0.39 is 5.82 Å². The van der Waals surface area contributed by atoms with Gasteiger partial charge in [-0.1, -0.05) is 45.7 Å².